The molecule has 0 saturated carbocycles. The molecule has 5 nitrogen and oxygen atoms in total. The van der Waals surface area contributed by atoms with E-state index in [1.54, 1.807) is 0 Å². The largest absolute Gasteiger partial charge is 0.481 e. The lowest BCUT2D eigenvalue weighted by atomic mass is 9.99. The zero-order valence-electron chi connectivity index (χ0n) is 9.22. The number of esters is 1. The molecule has 1 atom stereocenters. The molecule has 0 aromatic rings. The van der Waals surface area contributed by atoms with Crippen molar-refractivity contribution < 1.29 is 24.5 Å². The Hall–Kier alpha value is -1.36. The number of aliphatic hydroxyl groups is 1. The number of unbranched alkanes of at least 4 members (excludes halogenated alkanes) is 1. The summed E-state index contributed by atoms with van der Waals surface area (Å²) in [5.41, 5.74) is 0. The summed E-state index contributed by atoms with van der Waals surface area (Å²) in [7, 11) is 0. The predicted molar refractivity (Wildman–Crippen MR) is 57.8 cm³/mol. The fourth-order valence-electron chi connectivity index (χ4n) is 1.25. The lowest BCUT2D eigenvalue weighted by molar-refractivity contribution is -0.145. The van der Waals surface area contributed by atoms with E-state index in [0.717, 1.165) is 6.08 Å². The summed E-state index contributed by atoms with van der Waals surface area (Å²) in [6, 6.07) is 0. The summed E-state index contributed by atoms with van der Waals surface area (Å²) >= 11 is 0. The van der Waals surface area contributed by atoms with Crippen LogP contribution in [0.1, 0.15) is 25.7 Å². The number of aliphatic hydroxyl groups excluding tert-OH is 1. The summed E-state index contributed by atoms with van der Waals surface area (Å²) < 4.78 is 4.71. The molecule has 0 aliphatic heterocycles. The molecule has 0 aromatic heterocycles. The van der Waals surface area contributed by atoms with Gasteiger partial charge in [0.05, 0.1) is 12.5 Å². The third-order valence-electron chi connectivity index (χ3n) is 2.19. The van der Waals surface area contributed by atoms with Crippen molar-refractivity contribution in [1.82, 2.24) is 0 Å². The van der Waals surface area contributed by atoms with Crippen LogP contribution in [0.4, 0.5) is 0 Å². The average molecular weight is 230 g/mol. The quantitative estimate of drug-likeness (QED) is 0.350. The maximum atomic E-state index is 10.8. The van der Waals surface area contributed by atoms with E-state index < -0.39 is 17.9 Å². The highest BCUT2D eigenvalue weighted by Gasteiger charge is 2.17. The normalized spacial score (nSPS) is 11.8. The second kappa shape index (κ2) is 8.91. The lowest BCUT2D eigenvalue weighted by Gasteiger charge is -2.11. The van der Waals surface area contributed by atoms with Crippen LogP contribution in [0.15, 0.2) is 12.7 Å². The summed E-state index contributed by atoms with van der Waals surface area (Å²) in [5.74, 6) is -1.96. The number of hydrogen-bond donors (Lipinski definition) is 2. The molecule has 1 unspecified atom stereocenters. The van der Waals surface area contributed by atoms with Crippen LogP contribution < -0.4 is 0 Å². The first-order valence-electron chi connectivity index (χ1n) is 5.24. The minimum atomic E-state index is -0.896. The van der Waals surface area contributed by atoms with Gasteiger partial charge in [-0.3, -0.25) is 4.79 Å². The van der Waals surface area contributed by atoms with Crippen LogP contribution in [-0.2, 0) is 14.3 Å². The van der Waals surface area contributed by atoms with Gasteiger partial charge in [0.1, 0.15) is 0 Å². The van der Waals surface area contributed by atoms with Crippen molar-refractivity contribution in [1.29, 1.82) is 0 Å². The molecule has 0 saturated heterocycles. The van der Waals surface area contributed by atoms with E-state index in [4.69, 9.17) is 14.9 Å². The molecular formula is C11H18O5. The first-order valence-corrected chi connectivity index (χ1v) is 5.24. The van der Waals surface area contributed by atoms with E-state index in [1.807, 2.05) is 0 Å². The molecule has 0 bridgehead atoms. The third kappa shape index (κ3) is 7.00. The van der Waals surface area contributed by atoms with Crippen molar-refractivity contribution in [3.8, 4) is 0 Å². The van der Waals surface area contributed by atoms with Gasteiger partial charge < -0.3 is 14.9 Å². The van der Waals surface area contributed by atoms with Crippen LogP contribution >= 0.6 is 0 Å². The number of carboxylic acid groups (broad SMARTS) is 1. The molecule has 0 spiro atoms. The molecule has 0 radical (unpaired) electrons. The Morgan fingerprint density at radius 2 is 2.00 bits per heavy atom. The molecule has 0 aromatic carbocycles. The monoisotopic (exact) mass is 230 g/mol. The fourth-order valence-corrected chi connectivity index (χ4v) is 1.25. The van der Waals surface area contributed by atoms with Crippen LogP contribution in [0.5, 0.6) is 0 Å². The maximum absolute atomic E-state index is 10.8. The Morgan fingerprint density at radius 1 is 1.31 bits per heavy atom. The smallest absolute Gasteiger partial charge is 0.330 e. The predicted octanol–water partition coefficient (Wildman–Crippen LogP) is 0.969. The Balaban J connectivity index is 3.80. The average Bonchev–Trinajstić information content (AvgIpc) is 2.26. The van der Waals surface area contributed by atoms with Gasteiger partial charge in [0.15, 0.2) is 0 Å². The molecule has 0 heterocycles. The van der Waals surface area contributed by atoms with Crippen molar-refractivity contribution in [3.05, 3.63) is 12.7 Å². The first-order chi connectivity index (χ1) is 7.61. The Kier molecular flexibility index (Phi) is 8.15. The molecule has 0 aliphatic rings. The maximum Gasteiger partial charge on any atom is 0.330 e. The van der Waals surface area contributed by atoms with Crippen molar-refractivity contribution >= 4 is 11.9 Å². The van der Waals surface area contributed by atoms with Crippen molar-refractivity contribution in [2.45, 2.75) is 25.7 Å². The number of carbonyl (C=O) groups is 2. The number of rotatable bonds is 9. The fraction of sp³-hybridized carbons (Fsp3) is 0.636. The SMILES string of the molecule is C=CC(=O)OCCC(CCCCO)C(=O)O. The minimum absolute atomic E-state index is 0.0673. The van der Waals surface area contributed by atoms with Gasteiger partial charge in [0, 0.05) is 12.7 Å². The number of hydrogen-bond acceptors (Lipinski definition) is 4. The summed E-state index contributed by atoms with van der Waals surface area (Å²) in [6.07, 6.45) is 3.07. The van der Waals surface area contributed by atoms with E-state index in [1.165, 1.54) is 0 Å². The number of aliphatic carboxylic acids is 1. The van der Waals surface area contributed by atoms with Crippen LogP contribution in [0.3, 0.4) is 0 Å². The van der Waals surface area contributed by atoms with Gasteiger partial charge in [-0.2, -0.15) is 0 Å². The molecule has 2 N–H and O–H groups in total. The second-order valence-corrected chi connectivity index (χ2v) is 3.41. The standard InChI is InChI=1S/C11H18O5/c1-2-10(13)16-8-6-9(11(14)15)5-3-4-7-12/h2,9,12H,1,3-8H2,(H,14,15). The van der Waals surface area contributed by atoms with Gasteiger partial charge in [0.2, 0.25) is 0 Å². The van der Waals surface area contributed by atoms with E-state index >= 15 is 0 Å². The van der Waals surface area contributed by atoms with Crippen LogP contribution in [0, 0.1) is 5.92 Å². The van der Waals surface area contributed by atoms with E-state index in [2.05, 4.69) is 6.58 Å². The Labute approximate surface area is 94.7 Å². The van der Waals surface area contributed by atoms with E-state index in [0.29, 0.717) is 25.7 Å². The zero-order chi connectivity index (χ0) is 12.4. The molecule has 5 heteroatoms. The number of carboxylic acids is 1. The van der Waals surface area contributed by atoms with Gasteiger partial charge >= 0.3 is 11.9 Å². The minimum Gasteiger partial charge on any atom is -0.481 e. The highest BCUT2D eigenvalue weighted by Crippen LogP contribution is 2.13. The Bertz CT molecular complexity index is 237. The van der Waals surface area contributed by atoms with Gasteiger partial charge in [-0.25, -0.2) is 4.79 Å². The van der Waals surface area contributed by atoms with Crippen molar-refractivity contribution in [3.63, 3.8) is 0 Å². The number of carbonyl (C=O) groups excluding carboxylic acids is 1. The van der Waals surface area contributed by atoms with Crippen molar-refractivity contribution in [2.24, 2.45) is 5.92 Å². The highest BCUT2D eigenvalue weighted by molar-refractivity contribution is 5.81. The molecule has 0 rings (SSSR count). The molecule has 0 aliphatic carbocycles. The molecule has 0 amide bonds. The Morgan fingerprint density at radius 3 is 2.50 bits per heavy atom. The van der Waals surface area contributed by atoms with Gasteiger partial charge in [-0.1, -0.05) is 13.0 Å². The first kappa shape index (κ1) is 14.6. The zero-order valence-corrected chi connectivity index (χ0v) is 9.22. The van der Waals surface area contributed by atoms with Gasteiger partial charge in [0.25, 0.3) is 0 Å². The molecule has 92 valence electrons. The number of ether oxygens (including phenoxy) is 1. The molecule has 16 heavy (non-hydrogen) atoms. The highest BCUT2D eigenvalue weighted by atomic mass is 16.5. The van der Waals surface area contributed by atoms with Crippen LogP contribution in [0.2, 0.25) is 0 Å². The summed E-state index contributed by atoms with van der Waals surface area (Å²) in [6.45, 7) is 3.39. The van der Waals surface area contributed by atoms with Gasteiger partial charge in [-0.15, -0.1) is 0 Å². The lowest BCUT2D eigenvalue weighted by Crippen LogP contribution is -2.17. The summed E-state index contributed by atoms with van der Waals surface area (Å²) in [5, 5.41) is 17.4. The summed E-state index contributed by atoms with van der Waals surface area (Å²) in [4.78, 5) is 21.5. The van der Waals surface area contributed by atoms with E-state index in [-0.39, 0.29) is 13.2 Å². The third-order valence-corrected chi connectivity index (χ3v) is 2.19. The second-order valence-electron chi connectivity index (χ2n) is 3.41. The van der Waals surface area contributed by atoms with Crippen LogP contribution in [0.25, 0.3) is 0 Å². The molecule has 0 fully saturated rings. The van der Waals surface area contributed by atoms with Crippen LogP contribution in [-0.4, -0.2) is 35.4 Å². The van der Waals surface area contributed by atoms with Crippen molar-refractivity contribution in [2.75, 3.05) is 13.2 Å². The van der Waals surface area contributed by atoms with E-state index in [9.17, 15) is 9.59 Å². The topological polar surface area (TPSA) is 83.8 Å². The van der Waals surface area contributed by atoms with Gasteiger partial charge in [-0.05, 0) is 19.3 Å². The molecular weight excluding hydrogens is 212 g/mol.